The first-order valence-corrected chi connectivity index (χ1v) is 8.44. The van der Waals surface area contributed by atoms with Crippen molar-refractivity contribution >= 4 is 13.6 Å². The summed E-state index contributed by atoms with van der Waals surface area (Å²) in [5.41, 5.74) is 0.0660. The average molecular weight is 292 g/mol. The fraction of sp³-hybridized carbons (Fsp3) is 0.769. The van der Waals surface area contributed by atoms with E-state index in [1.165, 1.54) is 0 Å². The molecule has 0 spiro atoms. The monoisotopic (exact) mass is 292 g/mol. The molecule has 19 heavy (non-hydrogen) atoms. The van der Waals surface area contributed by atoms with Gasteiger partial charge in [0.25, 0.3) is 0 Å². The van der Waals surface area contributed by atoms with Gasteiger partial charge in [0, 0.05) is 11.4 Å². The van der Waals surface area contributed by atoms with E-state index in [2.05, 4.69) is 0 Å². The second-order valence-electron chi connectivity index (χ2n) is 4.23. The molecule has 0 aliphatic heterocycles. The molecule has 0 aromatic rings. The van der Waals surface area contributed by atoms with Crippen LogP contribution in [0, 0.1) is 0 Å². The normalized spacial score (nSPS) is 12.7. The maximum absolute atomic E-state index is 12.5. The van der Waals surface area contributed by atoms with Gasteiger partial charge in [0.2, 0.25) is 0 Å². The lowest BCUT2D eigenvalue weighted by molar-refractivity contribution is -0.132. The summed E-state index contributed by atoms with van der Waals surface area (Å²) in [7, 11) is -3.45. The Kier molecular flexibility index (Phi) is 9.84. The first-order chi connectivity index (χ1) is 8.99. The van der Waals surface area contributed by atoms with E-state index in [0.717, 1.165) is 31.5 Å². The SMILES string of the molecule is CCCCOP(=O)(C=C(CC)C(=O)O)OCCCC. The maximum Gasteiger partial charge on any atom is 0.354 e. The van der Waals surface area contributed by atoms with Crippen molar-refractivity contribution in [2.24, 2.45) is 0 Å². The minimum Gasteiger partial charge on any atom is -0.478 e. The van der Waals surface area contributed by atoms with Gasteiger partial charge in [0.15, 0.2) is 0 Å². The molecular formula is C13H25O5P. The van der Waals surface area contributed by atoms with E-state index in [1.807, 2.05) is 13.8 Å². The third kappa shape index (κ3) is 8.19. The summed E-state index contributed by atoms with van der Waals surface area (Å²) < 4.78 is 23.0. The van der Waals surface area contributed by atoms with Gasteiger partial charge in [-0.05, 0) is 19.3 Å². The van der Waals surface area contributed by atoms with Crippen molar-refractivity contribution in [1.29, 1.82) is 0 Å². The Morgan fingerprint density at radius 2 is 1.58 bits per heavy atom. The highest BCUT2D eigenvalue weighted by atomic mass is 31.2. The van der Waals surface area contributed by atoms with E-state index in [-0.39, 0.29) is 12.0 Å². The first kappa shape index (κ1) is 18.4. The maximum atomic E-state index is 12.5. The third-order valence-electron chi connectivity index (χ3n) is 2.51. The number of rotatable bonds is 11. The van der Waals surface area contributed by atoms with Gasteiger partial charge < -0.3 is 14.2 Å². The molecule has 0 heterocycles. The molecule has 0 atom stereocenters. The van der Waals surface area contributed by atoms with Gasteiger partial charge >= 0.3 is 13.6 Å². The highest BCUT2D eigenvalue weighted by Gasteiger charge is 2.24. The van der Waals surface area contributed by atoms with Crippen LogP contribution in [0.25, 0.3) is 0 Å². The van der Waals surface area contributed by atoms with Crippen LogP contribution in [0.15, 0.2) is 11.4 Å². The van der Waals surface area contributed by atoms with Crippen molar-refractivity contribution in [1.82, 2.24) is 0 Å². The van der Waals surface area contributed by atoms with Gasteiger partial charge in [-0.25, -0.2) is 4.79 Å². The standard InChI is InChI=1S/C13H25O5P/c1-4-7-9-17-19(16,18-10-8-5-2)11-12(6-3)13(14)15/h11H,4-10H2,1-3H3,(H,14,15). The first-order valence-electron chi connectivity index (χ1n) is 6.82. The molecule has 0 aliphatic rings. The zero-order valence-electron chi connectivity index (χ0n) is 12.1. The van der Waals surface area contributed by atoms with Gasteiger partial charge in [-0.1, -0.05) is 33.6 Å². The molecular weight excluding hydrogens is 267 g/mol. The highest BCUT2D eigenvalue weighted by molar-refractivity contribution is 7.57. The topological polar surface area (TPSA) is 72.8 Å². The molecule has 0 fully saturated rings. The fourth-order valence-electron chi connectivity index (χ4n) is 1.27. The third-order valence-corrected chi connectivity index (χ3v) is 4.22. The molecule has 0 aromatic heterocycles. The Morgan fingerprint density at radius 3 is 1.89 bits per heavy atom. The van der Waals surface area contributed by atoms with Crippen molar-refractivity contribution < 1.29 is 23.5 Å². The van der Waals surface area contributed by atoms with Crippen LogP contribution in [0.5, 0.6) is 0 Å². The second kappa shape index (κ2) is 10.2. The number of unbranched alkanes of at least 4 members (excludes halogenated alkanes) is 2. The van der Waals surface area contributed by atoms with E-state index < -0.39 is 13.6 Å². The zero-order chi connectivity index (χ0) is 14.7. The Bertz CT molecular complexity index is 324. The van der Waals surface area contributed by atoms with E-state index in [4.69, 9.17) is 14.2 Å². The average Bonchev–Trinajstić information content (AvgIpc) is 2.36. The second-order valence-corrected chi connectivity index (χ2v) is 6.08. The Morgan fingerprint density at radius 1 is 1.11 bits per heavy atom. The quantitative estimate of drug-likeness (QED) is 0.351. The molecule has 0 bridgehead atoms. The zero-order valence-corrected chi connectivity index (χ0v) is 12.9. The van der Waals surface area contributed by atoms with Crippen molar-refractivity contribution in [3.05, 3.63) is 11.4 Å². The predicted molar refractivity (Wildman–Crippen MR) is 75.3 cm³/mol. The largest absolute Gasteiger partial charge is 0.478 e. The van der Waals surface area contributed by atoms with Crippen LogP contribution in [0.3, 0.4) is 0 Å². The van der Waals surface area contributed by atoms with Crippen LogP contribution in [0.2, 0.25) is 0 Å². The number of carboxylic acids is 1. The van der Waals surface area contributed by atoms with Crippen LogP contribution in [0.1, 0.15) is 52.9 Å². The lowest BCUT2D eigenvalue weighted by Gasteiger charge is -2.16. The van der Waals surface area contributed by atoms with Crippen molar-refractivity contribution in [3.63, 3.8) is 0 Å². The Hall–Kier alpha value is -0.640. The molecule has 0 aliphatic carbocycles. The lowest BCUT2D eigenvalue weighted by atomic mass is 10.2. The minimum atomic E-state index is -3.45. The minimum absolute atomic E-state index is 0.0660. The van der Waals surface area contributed by atoms with E-state index in [1.54, 1.807) is 6.92 Å². The van der Waals surface area contributed by atoms with Crippen LogP contribution in [-0.4, -0.2) is 24.3 Å². The smallest absolute Gasteiger partial charge is 0.354 e. The summed E-state index contributed by atoms with van der Waals surface area (Å²) in [6.45, 7) is 6.32. The molecule has 0 radical (unpaired) electrons. The molecule has 0 aromatic carbocycles. The van der Waals surface area contributed by atoms with Crippen LogP contribution < -0.4 is 0 Å². The summed E-state index contributed by atoms with van der Waals surface area (Å²) in [6.07, 6.45) is 3.65. The number of hydrogen-bond acceptors (Lipinski definition) is 4. The lowest BCUT2D eigenvalue weighted by Crippen LogP contribution is -2.03. The number of carboxylic acid groups (broad SMARTS) is 1. The van der Waals surface area contributed by atoms with E-state index in [0.29, 0.717) is 13.2 Å². The van der Waals surface area contributed by atoms with Gasteiger partial charge in [-0.2, -0.15) is 0 Å². The Balaban J connectivity index is 4.81. The molecule has 5 nitrogen and oxygen atoms in total. The van der Waals surface area contributed by atoms with Crippen molar-refractivity contribution in [3.8, 4) is 0 Å². The summed E-state index contributed by atoms with van der Waals surface area (Å²) in [5.74, 6) is 0.0709. The van der Waals surface area contributed by atoms with E-state index >= 15 is 0 Å². The number of hydrogen-bond donors (Lipinski definition) is 1. The highest BCUT2D eigenvalue weighted by Crippen LogP contribution is 2.51. The molecule has 0 amide bonds. The molecule has 0 unspecified atom stereocenters. The summed E-state index contributed by atoms with van der Waals surface area (Å²) in [6, 6.07) is 0. The van der Waals surface area contributed by atoms with Crippen LogP contribution in [0.4, 0.5) is 0 Å². The van der Waals surface area contributed by atoms with Gasteiger partial charge in [0.1, 0.15) is 0 Å². The molecule has 112 valence electrons. The molecule has 0 rings (SSSR count). The molecule has 0 saturated carbocycles. The van der Waals surface area contributed by atoms with Crippen LogP contribution >= 0.6 is 7.60 Å². The molecule has 0 saturated heterocycles. The number of carbonyl (C=O) groups is 1. The summed E-state index contributed by atoms with van der Waals surface area (Å²) >= 11 is 0. The van der Waals surface area contributed by atoms with Crippen LogP contribution in [-0.2, 0) is 18.4 Å². The van der Waals surface area contributed by atoms with Crippen molar-refractivity contribution in [2.75, 3.05) is 13.2 Å². The number of aliphatic carboxylic acids is 1. The van der Waals surface area contributed by atoms with E-state index in [9.17, 15) is 9.36 Å². The van der Waals surface area contributed by atoms with Gasteiger partial charge in [0.05, 0.1) is 13.2 Å². The molecule has 6 heteroatoms. The summed E-state index contributed by atoms with van der Waals surface area (Å²) in [5, 5.41) is 8.98. The fourth-order valence-corrected chi connectivity index (χ4v) is 2.94. The summed E-state index contributed by atoms with van der Waals surface area (Å²) in [4.78, 5) is 11.0. The predicted octanol–water partition coefficient (Wildman–Crippen LogP) is 4.19. The van der Waals surface area contributed by atoms with Gasteiger partial charge in [-0.15, -0.1) is 0 Å². The molecule has 1 N–H and O–H groups in total. The Labute approximate surface area is 115 Å². The van der Waals surface area contributed by atoms with Gasteiger partial charge in [-0.3, -0.25) is 4.57 Å². The van der Waals surface area contributed by atoms with Crippen molar-refractivity contribution in [2.45, 2.75) is 52.9 Å².